The van der Waals surface area contributed by atoms with Crippen molar-refractivity contribution < 1.29 is 0 Å². The molecule has 0 spiro atoms. The van der Waals surface area contributed by atoms with Crippen molar-refractivity contribution in [3.63, 3.8) is 0 Å². The molecule has 20 heavy (non-hydrogen) atoms. The zero-order valence-electron chi connectivity index (χ0n) is 12.5. The van der Waals surface area contributed by atoms with E-state index in [1.54, 1.807) is 0 Å². The lowest BCUT2D eigenvalue weighted by Crippen LogP contribution is -1.87. The Bertz CT molecular complexity index is 756. The third-order valence-corrected chi connectivity index (χ3v) is 3.40. The molecule has 0 fully saturated rings. The molecule has 0 N–H and O–H groups in total. The van der Waals surface area contributed by atoms with Crippen LogP contribution in [0.4, 0.5) is 0 Å². The van der Waals surface area contributed by atoms with E-state index in [1.807, 2.05) is 24.5 Å². The van der Waals surface area contributed by atoms with Crippen molar-refractivity contribution in [2.45, 2.75) is 33.6 Å². The fourth-order valence-electron chi connectivity index (χ4n) is 2.60. The molecule has 3 rings (SSSR count). The maximum atomic E-state index is 5.64. The number of para-hydroxylation sites is 1. The van der Waals surface area contributed by atoms with Crippen LogP contribution in [0.25, 0.3) is 21.8 Å². The zero-order valence-corrected chi connectivity index (χ0v) is 12.5. The van der Waals surface area contributed by atoms with Crippen molar-refractivity contribution in [1.29, 1.82) is 0 Å². The summed E-state index contributed by atoms with van der Waals surface area (Å²) in [5.74, 6) is 0. The summed E-state index contributed by atoms with van der Waals surface area (Å²) in [7, 11) is 0. The van der Waals surface area contributed by atoms with Crippen LogP contribution in [0.15, 0.2) is 42.5 Å². The molecule has 1 aromatic heterocycles. The summed E-state index contributed by atoms with van der Waals surface area (Å²) in [5.41, 5.74) is 3.62. The lowest BCUT2D eigenvalue weighted by Gasteiger charge is -2.00. The molecule has 0 unspecified atom stereocenters. The molecule has 1 heteroatoms. The number of rotatable bonds is 2. The van der Waals surface area contributed by atoms with Crippen LogP contribution in [-0.2, 0) is 6.42 Å². The van der Waals surface area contributed by atoms with Gasteiger partial charge in [-0.3, -0.25) is 4.57 Å². The maximum absolute atomic E-state index is 5.64. The molecule has 0 amide bonds. The molecular weight excluding hydrogens is 242 g/mol. The van der Waals surface area contributed by atoms with E-state index in [9.17, 15) is 0 Å². The van der Waals surface area contributed by atoms with E-state index in [4.69, 9.17) is 6.42 Å². The predicted octanol–water partition coefficient (Wildman–Crippen LogP) is 5.21. The van der Waals surface area contributed by atoms with E-state index in [1.165, 1.54) is 22.8 Å². The van der Waals surface area contributed by atoms with Gasteiger partial charge in [0.05, 0.1) is 11.0 Å². The van der Waals surface area contributed by atoms with Gasteiger partial charge in [0.2, 0.25) is 0 Å². The zero-order chi connectivity index (χ0) is 14.5. The summed E-state index contributed by atoms with van der Waals surface area (Å²) in [6.45, 7) is 6.20. The minimum Gasteiger partial charge on any atom is -0.269 e. The lowest BCUT2D eigenvalue weighted by atomic mass is 10.1. The van der Waals surface area contributed by atoms with Crippen LogP contribution in [0.3, 0.4) is 0 Å². The van der Waals surface area contributed by atoms with Crippen molar-refractivity contribution in [3.8, 4) is 12.5 Å². The topological polar surface area (TPSA) is 4.93 Å². The minimum absolute atomic E-state index is 1.11. The predicted molar refractivity (Wildman–Crippen MR) is 89.0 cm³/mol. The monoisotopic (exact) mass is 263 g/mol. The van der Waals surface area contributed by atoms with Gasteiger partial charge < -0.3 is 0 Å². The molecular formula is C19H21N. The number of aromatic nitrogens is 1. The highest BCUT2D eigenvalue weighted by Crippen LogP contribution is 2.29. The Hall–Kier alpha value is -2.20. The molecule has 0 aliphatic rings. The fraction of sp³-hybridized carbons (Fsp3) is 0.263. The van der Waals surface area contributed by atoms with Gasteiger partial charge in [-0.1, -0.05) is 57.9 Å². The van der Waals surface area contributed by atoms with Gasteiger partial charge in [0.25, 0.3) is 0 Å². The molecule has 1 nitrogen and oxygen atoms in total. The van der Waals surface area contributed by atoms with Gasteiger partial charge in [0, 0.05) is 16.8 Å². The van der Waals surface area contributed by atoms with Crippen molar-refractivity contribution in [2.75, 3.05) is 0 Å². The summed E-state index contributed by atoms with van der Waals surface area (Å²) in [5, 5.41) is 2.50. The molecule has 0 aliphatic carbocycles. The quantitative estimate of drug-likeness (QED) is 0.559. The van der Waals surface area contributed by atoms with E-state index in [0.29, 0.717) is 0 Å². The van der Waals surface area contributed by atoms with E-state index in [0.717, 1.165) is 17.5 Å². The van der Waals surface area contributed by atoms with E-state index in [-0.39, 0.29) is 0 Å². The van der Waals surface area contributed by atoms with E-state index >= 15 is 0 Å². The van der Waals surface area contributed by atoms with Crippen LogP contribution < -0.4 is 0 Å². The second-order valence-electron chi connectivity index (χ2n) is 4.58. The Balaban J connectivity index is 0.000000704. The third kappa shape index (κ3) is 2.30. The molecule has 0 saturated heterocycles. The van der Waals surface area contributed by atoms with Gasteiger partial charge in [-0.05, 0) is 30.2 Å². The molecule has 0 aliphatic heterocycles. The first kappa shape index (κ1) is 14.2. The second-order valence-corrected chi connectivity index (χ2v) is 4.58. The first-order valence-electron chi connectivity index (χ1n) is 7.34. The summed E-state index contributed by atoms with van der Waals surface area (Å²) < 4.78 is 1.93. The Kier molecular flexibility index (Phi) is 4.48. The smallest absolute Gasteiger partial charge is 0.0625 e. The molecule has 0 saturated carbocycles. The molecule has 0 atom stereocenters. The molecule has 0 radical (unpaired) electrons. The molecule has 2 aromatic carbocycles. The Labute approximate surface area is 121 Å². The standard InChI is InChI=1S/C17H15N.C2H6/c1-3-7-13-10-11-17-15(12-13)14-8-5-6-9-16(14)18(17)4-2;1-2/h2,5-6,8-12H,3,7H2,1H3;1-2H3. The normalized spacial score (nSPS) is 10.1. The number of hydrogen-bond acceptors (Lipinski definition) is 0. The van der Waals surface area contributed by atoms with Crippen LogP contribution in [0.1, 0.15) is 32.8 Å². The van der Waals surface area contributed by atoms with E-state index in [2.05, 4.69) is 49.4 Å². The van der Waals surface area contributed by atoms with Crippen molar-refractivity contribution in [1.82, 2.24) is 4.57 Å². The van der Waals surface area contributed by atoms with Crippen LogP contribution in [0.5, 0.6) is 0 Å². The largest absolute Gasteiger partial charge is 0.269 e. The minimum atomic E-state index is 1.11. The first-order valence-corrected chi connectivity index (χ1v) is 7.34. The van der Waals surface area contributed by atoms with Gasteiger partial charge >= 0.3 is 0 Å². The number of fused-ring (bicyclic) bond motifs is 3. The summed E-state index contributed by atoms with van der Waals surface area (Å²) in [4.78, 5) is 0. The van der Waals surface area contributed by atoms with Crippen LogP contribution >= 0.6 is 0 Å². The highest BCUT2D eigenvalue weighted by Gasteiger charge is 2.08. The van der Waals surface area contributed by atoms with Gasteiger partial charge in [0.1, 0.15) is 0 Å². The SMILES string of the molecule is C#Cn1c2ccccc2c2cc(CCC)ccc21.CC. The molecule has 102 valence electrons. The molecule has 0 bridgehead atoms. The van der Waals surface area contributed by atoms with Crippen molar-refractivity contribution in [3.05, 3.63) is 48.0 Å². The average Bonchev–Trinajstić information content (AvgIpc) is 2.83. The van der Waals surface area contributed by atoms with Gasteiger partial charge in [-0.25, -0.2) is 0 Å². The molecule has 3 aromatic rings. The lowest BCUT2D eigenvalue weighted by molar-refractivity contribution is 0.923. The van der Waals surface area contributed by atoms with Crippen molar-refractivity contribution in [2.24, 2.45) is 0 Å². The Morgan fingerprint density at radius 2 is 1.70 bits per heavy atom. The van der Waals surface area contributed by atoms with Crippen LogP contribution in [-0.4, -0.2) is 4.57 Å². The number of benzene rings is 2. The highest BCUT2D eigenvalue weighted by atomic mass is 14.9. The number of hydrogen-bond donors (Lipinski definition) is 0. The third-order valence-electron chi connectivity index (χ3n) is 3.40. The first-order chi connectivity index (χ1) is 9.85. The van der Waals surface area contributed by atoms with Crippen LogP contribution in [0, 0.1) is 12.5 Å². The van der Waals surface area contributed by atoms with Gasteiger partial charge in [-0.2, -0.15) is 0 Å². The van der Waals surface area contributed by atoms with Gasteiger partial charge in [0.15, 0.2) is 0 Å². The fourth-order valence-corrected chi connectivity index (χ4v) is 2.60. The second kappa shape index (κ2) is 6.30. The summed E-state index contributed by atoms with van der Waals surface area (Å²) in [6.07, 6.45) is 7.92. The average molecular weight is 263 g/mol. The number of aryl methyl sites for hydroxylation is 1. The molecule has 1 heterocycles. The van der Waals surface area contributed by atoms with E-state index < -0.39 is 0 Å². The van der Waals surface area contributed by atoms with Gasteiger partial charge in [-0.15, -0.1) is 0 Å². The Morgan fingerprint density at radius 1 is 1.00 bits per heavy atom. The maximum Gasteiger partial charge on any atom is 0.0625 e. The van der Waals surface area contributed by atoms with Crippen LogP contribution in [0.2, 0.25) is 0 Å². The number of terminal acetylenes is 1. The highest BCUT2D eigenvalue weighted by molar-refractivity contribution is 6.08. The Morgan fingerprint density at radius 3 is 2.40 bits per heavy atom. The summed E-state index contributed by atoms with van der Waals surface area (Å²) >= 11 is 0. The van der Waals surface area contributed by atoms with Crippen molar-refractivity contribution >= 4 is 21.8 Å². The summed E-state index contributed by atoms with van der Waals surface area (Å²) in [6, 6.07) is 17.7. The number of nitrogens with zero attached hydrogens (tertiary/aromatic N) is 1.